The van der Waals surface area contributed by atoms with Crippen LogP contribution >= 0.6 is 0 Å². The molecule has 20 heavy (non-hydrogen) atoms. The number of phenols is 1. The number of aromatic hydroxyl groups is 1. The molecule has 1 aliphatic heterocycles. The number of likely N-dealkylation sites (tertiary alicyclic amines) is 1. The van der Waals surface area contributed by atoms with E-state index in [1.165, 1.54) is 0 Å². The van der Waals surface area contributed by atoms with E-state index in [9.17, 15) is 9.90 Å². The van der Waals surface area contributed by atoms with Crippen molar-refractivity contribution in [1.82, 2.24) is 14.5 Å². The first-order valence-electron chi connectivity index (χ1n) is 7.23. The molecule has 1 saturated heterocycles. The SMILES string of the molecule is CC(C)N1CCC(n2c(=O)[nH]c3cc(O)ccc32)CC1. The fraction of sp³-hybridized carbons (Fsp3) is 0.533. The molecule has 1 aromatic heterocycles. The quantitative estimate of drug-likeness (QED) is 0.882. The van der Waals surface area contributed by atoms with Gasteiger partial charge in [-0.15, -0.1) is 0 Å². The van der Waals surface area contributed by atoms with Crippen LogP contribution in [0.4, 0.5) is 0 Å². The lowest BCUT2D eigenvalue weighted by molar-refractivity contribution is 0.152. The van der Waals surface area contributed by atoms with E-state index in [4.69, 9.17) is 0 Å². The van der Waals surface area contributed by atoms with Crippen molar-refractivity contribution in [2.24, 2.45) is 0 Å². The summed E-state index contributed by atoms with van der Waals surface area (Å²) < 4.78 is 1.85. The van der Waals surface area contributed by atoms with E-state index < -0.39 is 0 Å². The van der Waals surface area contributed by atoms with Crippen LogP contribution in [0.15, 0.2) is 23.0 Å². The minimum Gasteiger partial charge on any atom is -0.508 e. The molecule has 0 atom stereocenters. The van der Waals surface area contributed by atoms with Gasteiger partial charge in [0, 0.05) is 31.2 Å². The van der Waals surface area contributed by atoms with E-state index in [0.29, 0.717) is 11.6 Å². The van der Waals surface area contributed by atoms with Crippen molar-refractivity contribution < 1.29 is 5.11 Å². The van der Waals surface area contributed by atoms with Crippen molar-refractivity contribution in [3.8, 4) is 5.75 Å². The van der Waals surface area contributed by atoms with Gasteiger partial charge in [-0.1, -0.05) is 0 Å². The minimum atomic E-state index is -0.0754. The monoisotopic (exact) mass is 275 g/mol. The molecule has 2 aromatic rings. The van der Waals surface area contributed by atoms with E-state index >= 15 is 0 Å². The topological polar surface area (TPSA) is 61.3 Å². The number of phenolic OH excluding ortho intramolecular Hbond substituents is 1. The van der Waals surface area contributed by atoms with E-state index in [1.54, 1.807) is 12.1 Å². The summed E-state index contributed by atoms with van der Waals surface area (Å²) in [5, 5.41) is 9.50. The molecule has 1 aliphatic rings. The van der Waals surface area contributed by atoms with Crippen LogP contribution in [0.25, 0.3) is 11.0 Å². The molecular weight excluding hydrogens is 254 g/mol. The molecule has 108 valence electrons. The Labute approximate surface area is 117 Å². The largest absolute Gasteiger partial charge is 0.508 e. The Hall–Kier alpha value is -1.75. The first kappa shape index (κ1) is 13.2. The Kier molecular flexibility index (Phi) is 3.30. The number of imidazole rings is 1. The summed E-state index contributed by atoms with van der Waals surface area (Å²) in [5.41, 5.74) is 1.52. The van der Waals surface area contributed by atoms with Gasteiger partial charge in [-0.25, -0.2) is 4.79 Å². The third-order valence-electron chi connectivity index (χ3n) is 4.29. The molecule has 1 fully saturated rings. The molecule has 5 heteroatoms. The second kappa shape index (κ2) is 4.98. The van der Waals surface area contributed by atoms with Crippen LogP contribution in [0.2, 0.25) is 0 Å². The van der Waals surface area contributed by atoms with Crippen molar-refractivity contribution in [2.45, 2.75) is 38.8 Å². The number of nitrogens with one attached hydrogen (secondary N) is 1. The van der Waals surface area contributed by atoms with Crippen LogP contribution in [0, 0.1) is 0 Å². The molecule has 0 aliphatic carbocycles. The Morgan fingerprint density at radius 2 is 2.00 bits per heavy atom. The smallest absolute Gasteiger partial charge is 0.326 e. The molecule has 0 bridgehead atoms. The third kappa shape index (κ3) is 2.22. The number of aromatic amines is 1. The van der Waals surface area contributed by atoms with Gasteiger partial charge < -0.3 is 15.0 Å². The van der Waals surface area contributed by atoms with Crippen molar-refractivity contribution in [3.63, 3.8) is 0 Å². The molecule has 2 N–H and O–H groups in total. The molecule has 0 spiro atoms. The number of piperidine rings is 1. The lowest BCUT2D eigenvalue weighted by Gasteiger charge is -2.35. The fourth-order valence-corrected chi connectivity index (χ4v) is 3.14. The second-order valence-corrected chi connectivity index (χ2v) is 5.86. The first-order chi connectivity index (χ1) is 9.56. The van der Waals surface area contributed by atoms with Crippen LogP contribution in [0.3, 0.4) is 0 Å². The molecular formula is C15H21N3O2. The number of hydrogen-bond acceptors (Lipinski definition) is 3. The van der Waals surface area contributed by atoms with Crippen LogP contribution in [0.1, 0.15) is 32.7 Å². The third-order valence-corrected chi connectivity index (χ3v) is 4.29. The zero-order valence-corrected chi connectivity index (χ0v) is 12.0. The summed E-state index contributed by atoms with van der Waals surface area (Å²) in [6, 6.07) is 5.87. The summed E-state index contributed by atoms with van der Waals surface area (Å²) in [6.45, 7) is 6.47. The van der Waals surface area contributed by atoms with Gasteiger partial charge in [0.15, 0.2) is 0 Å². The van der Waals surface area contributed by atoms with Crippen molar-refractivity contribution in [2.75, 3.05) is 13.1 Å². The highest BCUT2D eigenvalue weighted by atomic mass is 16.3. The summed E-state index contributed by atoms with van der Waals surface area (Å²) in [6.07, 6.45) is 1.98. The number of aromatic nitrogens is 2. The molecule has 1 aromatic carbocycles. The highest BCUT2D eigenvalue weighted by Crippen LogP contribution is 2.26. The first-order valence-corrected chi connectivity index (χ1v) is 7.23. The van der Waals surface area contributed by atoms with E-state index in [-0.39, 0.29) is 17.5 Å². The van der Waals surface area contributed by atoms with Crippen molar-refractivity contribution >= 4 is 11.0 Å². The Morgan fingerprint density at radius 1 is 1.30 bits per heavy atom. The zero-order valence-electron chi connectivity index (χ0n) is 12.0. The van der Waals surface area contributed by atoms with Gasteiger partial charge in [0.1, 0.15) is 5.75 Å². The van der Waals surface area contributed by atoms with Gasteiger partial charge in [-0.05, 0) is 38.8 Å². The van der Waals surface area contributed by atoms with Crippen LogP contribution < -0.4 is 5.69 Å². The van der Waals surface area contributed by atoms with E-state index in [1.807, 2.05) is 10.6 Å². The van der Waals surface area contributed by atoms with Crippen molar-refractivity contribution in [3.05, 3.63) is 28.7 Å². The van der Waals surface area contributed by atoms with Crippen molar-refractivity contribution in [1.29, 1.82) is 0 Å². The highest BCUT2D eigenvalue weighted by Gasteiger charge is 2.24. The predicted octanol–water partition coefficient (Wildman–Crippen LogP) is 2.08. The molecule has 2 heterocycles. The summed E-state index contributed by atoms with van der Waals surface area (Å²) in [7, 11) is 0. The normalized spacial score (nSPS) is 18.1. The van der Waals surface area contributed by atoms with Crippen LogP contribution in [0.5, 0.6) is 5.75 Å². The summed E-state index contributed by atoms with van der Waals surface area (Å²) >= 11 is 0. The highest BCUT2D eigenvalue weighted by molar-refractivity contribution is 5.77. The molecule has 5 nitrogen and oxygen atoms in total. The average Bonchev–Trinajstić information content (AvgIpc) is 2.73. The average molecular weight is 275 g/mol. The maximum absolute atomic E-state index is 12.2. The molecule has 0 unspecified atom stereocenters. The van der Waals surface area contributed by atoms with Gasteiger partial charge in [0.25, 0.3) is 0 Å². The number of fused-ring (bicyclic) bond motifs is 1. The standard InChI is InChI=1S/C15H21N3O2/c1-10(2)17-7-5-11(6-8-17)18-14-4-3-12(19)9-13(14)16-15(18)20/h3-4,9-11,19H,5-8H2,1-2H3,(H,16,20). The Morgan fingerprint density at radius 3 is 2.65 bits per heavy atom. The van der Waals surface area contributed by atoms with Gasteiger partial charge in [0.2, 0.25) is 0 Å². The number of hydrogen-bond donors (Lipinski definition) is 2. The fourth-order valence-electron chi connectivity index (χ4n) is 3.14. The number of rotatable bonds is 2. The zero-order chi connectivity index (χ0) is 14.3. The molecule has 0 saturated carbocycles. The Bertz CT molecular complexity index is 663. The van der Waals surface area contributed by atoms with Gasteiger partial charge in [-0.2, -0.15) is 0 Å². The van der Waals surface area contributed by atoms with E-state index in [2.05, 4.69) is 23.7 Å². The number of H-pyrrole nitrogens is 1. The lowest BCUT2D eigenvalue weighted by Crippen LogP contribution is -2.40. The van der Waals surface area contributed by atoms with E-state index in [0.717, 1.165) is 31.4 Å². The lowest BCUT2D eigenvalue weighted by atomic mass is 10.0. The maximum atomic E-state index is 12.2. The van der Waals surface area contributed by atoms with Crippen LogP contribution in [-0.4, -0.2) is 38.7 Å². The van der Waals surface area contributed by atoms with Gasteiger partial charge in [-0.3, -0.25) is 4.57 Å². The van der Waals surface area contributed by atoms with Gasteiger partial charge >= 0.3 is 5.69 Å². The second-order valence-electron chi connectivity index (χ2n) is 5.86. The summed E-state index contributed by atoms with van der Waals surface area (Å²) in [4.78, 5) is 17.5. The summed E-state index contributed by atoms with van der Waals surface area (Å²) in [5.74, 6) is 0.181. The predicted molar refractivity (Wildman–Crippen MR) is 79.2 cm³/mol. The number of nitrogens with zero attached hydrogens (tertiary/aromatic N) is 2. The number of benzene rings is 1. The van der Waals surface area contributed by atoms with Gasteiger partial charge in [0.05, 0.1) is 11.0 Å². The Balaban J connectivity index is 1.92. The maximum Gasteiger partial charge on any atom is 0.326 e. The minimum absolute atomic E-state index is 0.0754. The van der Waals surface area contributed by atoms with Crippen LogP contribution in [-0.2, 0) is 0 Å². The molecule has 0 radical (unpaired) electrons. The molecule has 0 amide bonds. The molecule has 3 rings (SSSR count).